The summed E-state index contributed by atoms with van der Waals surface area (Å²) < 4.78 is 0. The van der Waals surface area contributed by atoms with Gasteiger partial charge in [0.15, 0.2) is 0 Å². The Balaban J connectivity index is 3.94. The van der Waals surface area contributed by atoms with Crippen LogP contribution >= 0.6 is 0 Å². The van der Waals surface area contributed by atoms with Crippen molar-refractivity contribution in [3.05, 3.63) is 0 Å². The molecule has 0 spiro atoms. The quantitative estimate of drug-likeness (QED) is 0.627. The predicted octanol–water partition coefficient (Wildman–Crippen LogP) is 1.31. The Bertz CT molecular complexity index is 91.3. The first-order chi connectivity index (χ1) is 4.56. The maximum Gasteiger partial charge on any atom is 0.0900 e. The summed E-state index contributed by atoms with van der Waals surface area (Å²) in [6, 6.07) is 0. The summed E-state index contributed by atoms with van der Waals surface area (Å²) >= 11 is 0. The molecule has 0 amide bonds. The lowest BCUT2D eigenvalue weighted by atomic mass is 9.90. The summed E-state index contributed by atoms with van der Waals surface area (Å²) in [5.74, 6) is 0. The van der Waals surface area contributed by atoms with E-state index >= 15 is 0 Å². The number of aliphatic hydroxyl groups is 2. The zero-order chi connectivity index (χ0) is 8.20. The van der Waals surface area contributed by atoms with Crippen molar-refractivity contribution in [2.45, 2.75) is 51.7 Å². The summed E-state index contributed by atoms with van der Waals surface area (Å²) in [5.41, 5.74) is -0.852. The maximum absolute atomic E-state index is 9.65. The molecule has 2 N–H and O–H groups in total. The van der Waals surface area contributed by atoms with Crippen LogP contribution in [0.3, 0.4) is 0 Å². The first-order valence-electron chi connectivity index (χ1n) is 3.97. The van der Waals surface area contributed by atoms with Crippen molar-refractivity contribution in [1.29, 1.82) is 0 Å². The minimum Gasteiger partial charge on any atom is -0.390 e. The van der Waals surface area contributed by atoms with Crippen molar-refractivity contribution in [1.82, 2.24) is 0 Å². The van der Waals surface area contributed by atoms with Crippen LogP contribution in [0.2, 0.25) is 0 Å². The van der Waals surface area contributed by atoms with Gasteiger partial charge in [0.25, 0.3) is 0 Å². The van der Waals surface area contributed by atoms with Gasteiger partial charge in [-0.1, -0.05) is 20.3 Å². The van der Waals surface area contributed by atoms with Crippen LogP contribution in [-0.2, 0) is 0 Å². The molecule has 0 radical (unpaired) electrons. The van der Waals surface area contributed by atoms with Crippen LogP contribution in [0.1, 0.15) is 40.0 Å². The average molecular weight is 146 g/mol. The SMILES string of the molecule is CCCC(O)(CC)C(C)O. The van der Waals surface area contributed by atoms with E-state index in [0.29, 0.717) is 12.8 Å². The monoisotopic (exact) mass is 146 g/mol. The fourth-order valence-electron chi connectivity index (χ4n) is 1.11. The smallest absolute Gasteiger partial charge is 0.0900 e. The molecule has 2 nitrogen and oxygen atoms in total. The van der Waals surface area contributed by atoms with E-state index in [4.69, 9.17) is 5.11 Å². The van der Waals surface area contributed by atoms with Gasteiger partial charge in [0.05, 0.1) is 11.7 Å². The van der Waals surface area contributed by atoms with Crippen LogP contribution in [0.25, 0.3) is 0 Å². The highest BCUT2D eigenvalue weighted by Gasteiger charge is 2.28. The van der Waals surface area contributed by atoms with E-state index in [1.54, 1.807) is 6.92 Å². The zero-order valence-electron chi connectivity index (χ0n) is 7.09. The molecule has 0 saturated carbocycles. The van der Waals surface area contributed by atoms with E-state index in [1.165, 1.54) is 0 Å². The highest BCUT2D eigenvalue weighted by atomic mass is 16.3. The van der Waals surface area contributed by atoms with Gasteiger partial charge in [-0.05, 0) is 19.8 Å². The van der Waals surface area contributed by atoms with Crippen LogP contribution in [0.5, 0.6) is 0 Å². The molecule has 0 rings (SSSR count). The van der Waals surface area contributed by atoms with Gasteiger partial charge < -0.3 is 10.2 Å². The molecule has 0 aliphatic heterocycles. The topological polar surface area (TPSA) is 40.5 Å². The number of hydrogen-bond donors (Lipinski definition) is 2. The van der Waals surface area contributed by atoms with E-state index in [2.05, 4.69) is 0 Å². The Morgan fingerprint density at radius 2 is 1.90 bits per heavy atom. The molecule has 2 atom stereocenters. The van der Waals surface area contributed by atoms with Gasteiger partial charge in [-0.25, -0.2) is 0 Å². The second-order valence-corrected chi connectivity index (χ2v) is 2.88. The second kappa shape index (κ2) is 3.94. The summed E-state index contributed by atoms with van der Waals surface area (Å²) in [4.78, 5) is 0. The lowest BCUT2D eigenvalue weighted by Crippen LogP contribution is -2.39. The summed E-state index contributed by atoms with van der Waals surface area (Å²) in [6.07, 6.45) is 1.60. The van der Waals surface area contributed by atoms with E-state index in [9.17, 15) is 5.11 Å². The van der Waals surface area contributed by atoms with Crippen LogP contribution < -0.4 is 0 Å². The maximum atomic E-state index is 9.65. The molecule has 0 heterocycles. The molecule has 2 unspecified atom stereocenters. The number of aliphatic hydroxyl groups excluding tert-OH is 1. The molecule has 2 heteroatoms. The molecule has 0 fully saturated rings. The van der Waals surface area contributed by atoms with Gasteiger partial charge >= 0.3 is 0 Å². The zero-order valence-corrected chi connectivity index (χ0v) is 7.09. The van der Waals surface area contributed by atoms with Crippen LogP contribution in [0.15, 0.2) is 0 Å². The third-order valence-corrected chi connectivity index (χ3v) is 2.07. The minimum atomic E-state index is -0.852. The standard InChI is InChI=1S/C8H18O2/c1-4-6-8(10,5-2)7(3)9/h7,9-10H,4-6H2,1-3H3. The van der Waals surface area contributed by atoms with E-state index < -0.39 is 11.7 Å². The molecule has 0 bridgehead atoms. The number of hydrogen-bond acceptors (Lipinski definition) is 2. The Morgan fingerprint density at radius 1 is 1.40 bits per heavy atom. The Hall–Kier alpha value is -0.0800. The normalized spacial score (nSPS) is 20.1. The van der Waals surface area contributed by atoms with Gasteiger partial charge in [0.1, 0.15) is 0 Å². The predicted molar refractivity (Wildman–Crippen MR) is 41.8 cm³/mol. The fraction of sp³-hybridized carbons (Fsp3) is 1.00. The van der Waals surface area contributed by atoms with E-state index in [0.717, 1.165) is 6.42 Å². The molecule has 62 valence electrons. The Labute approximate surface area is 62.9 Å². The van der Waals surface area contributed by atoms with Gasteiger partial charge in [-0.3, -0.25) is 0 Å². The minimum absolute atomic E-state index is 0.613. The summed E-state index contributed by atoms with van der Waals surface area (Å²) in [6.45, 7) is 5.53. The van der Waals surface area contributed by atoms with Crippen LogP contribution in [-0.4, -0.2) is 21.9 Å². The lowest BCUT2D eigenvalue weighted by molar-refractivity contribution is -0.0742. The fourth-order valence-corrected chi connectivity index (χ4v) is 1.11. The first kappa shape index (κ1) is 9.92. The third-order valence-electron chi connectivity index (χ3n) is 2.07. The molecule has 10 heavy (non-hydrogen) atoms. The van der Waals surface area contributed by atoms with Crippen molar-refractivity contribution in [3.63, 3.8) is 0 Å². The van der Waals surface area contributed by atoms with Crippen molar-refractivity contribution in [2.75, 3.05) is 0 Å². The van der Waals surface area contributed by atoms with Crippen molar-refractivity contribution < 1.29 is 10.2 Å². The highest BCUT2D eigenvalue weighted by molar-refractivity contribution is 4.81. The molecule has 0 aromatic rings. The largest absolute Gasteiger partial charge is 0.390 e. The molecule has 0 aliphatic rings. The Kier molecular flexibility index (Phi) is 3.91. The molecular weight excluding hydrogens is 128 g/mol. The summed E-state index contributed by atoms with van der Waals surface area (Å²) in [5, 5.41) is 18.8. The lowest BCUT2D eigenvalue weighted by Gasteiger charge is -2.29. The van der Waals surface area contributed by atoms with Gasteiger partial charge in [-0.2, -0.15) is 0 Å². The van der Waals surface area contributed by atoms with Crippen molar-refractivity contribution in [3.8, 4) is 0 Å². The van der Waals surface area contributed by atoms with Crippen LogP contribution in [0.4, 0.5) is 0 Å². The first-order valence-corrected chi connectivity index (χ1v) is 3.97. The molecule has 0 aliphatic carbocycles. The van der Waals surface area contributed by atoms with Crippen molar-refractivity contribution in [2.24, 2.45) is 0 Å². The molecular formula is C8H18O2. The average Bonchev–Trinajstić information content (AvgIpc) is 1.88. The third kappa shape index (κ3) is 2.27. The van der Waals surface area contributed by atoms with Gasteiger partial charge in [0.2, 0.25) is 0 Å². The second-order valence-electron chi connectivity index (χ2n) is 2.88. The number of rotatable bonds is 4. The van der Waals surface area contributed by atoms with E-state index in [1.807, 2.05) is 13.8 Å². The van der Waals surface area contributed by atoms with Gasteiger partial charge in [0, 0.05) is 0 Å². The van der Waals surface area contributed by atoms with Crippen LogP contribution in [0, 0.1) is 0 Å². The van der Waals surface area contributed by atoms with Crippen molar-refractivity contribution >= 4 is 0 Å². The molecule has 0 aromatic heterocycles. The highest BCUT2D eigenvalue weighted by Crippen LogP contribution is 2.20. The molecule has 0 aromatic carbocycles. The molecule has 0 saturated heterocycles. The summed E-state index contributed by atoms with van der Waals surface area (Å²) in [7, 11) is 0. The van der Waals surface area contributed by atoms with Gasteiger partial charge in [-0.15, -0.1) is 0 Å². The Morgan fingerprint density at radius 3 is 2.00 bits per heavy atom. The van der Waals surface area contributed by atoms with E-state index in [-0.39, 0.29) is 0 Å².